The Morgan fingerprint density at radius 3 is 2.59 bits per heavy atom. The van der Waals surface area contributed by atoms with Crippen molar-refractivity contribution < 1.29 is 9.90 Å². The van der Waals surface area contributed by atoms with E-state index in [-0.39, 0.29) is 18.0 Å². The molecule has 0 aromatic carbocycles. The van der Waals surface area contributed by atoms with Crippen LogP contribution in [0.1, 0.15) is 50.6 Å². The molecule has 1 aromatic rings. The molecule has 0 aliphatic rings. The molecule has 2 N–H and O–H groups in total. The van der Waals surface area contributed by atoms with Crippen LogP contribution in [0.15, 0.2) is 12.3 Å². The summed E-state index contributed by atoms with van der Waals surface area (Å²) in [4.78, 5) is 11.9. The van der Waals surface area contributed by atoms with Gasteiger partial charge in [0.25, 0.3) is 5.91 Å². The SMILES string of the molecule is CC[C@H](NC(=O)c1ccn(C(C)C)n1)[C@@H](C)O. The van der Waals surface area contributed by atoms with Crippen molar-refractivity contribution in [3.8, 4) is 0 Å². The van der Waals surface area contributed by atoms with E-state index >= 15 is 0 Å². The van der Waals surface area contributed by atoms with Gasteiger partial charge in [0.05, 0.1) is 12.1 Å². The lowest BCUT2D eigenvalue weighted by Crippen LogP contribution is -2.41. The Hall–Kier alpha value is -1.36. The van der Waals surface area contributed by atoms with Crippen LogP contribution in [0, 0.1) is 0 Å². The van der Waals surface area contributed by atoms with E-state index in [0.717, 1.165) is 0 Å². The molecule has 0 fully saturated rings. The van der Waals surface area contributed by atoms with E-state index in [2.05, 4.69) is 10.4 Å². The van der Waals surface area contributed by atoms with Gasteiger partial charge >= 0.3 is 0 Å². The van der Waals surface area contributed by atoms with Crippen LogP contribution in [0.5, 0.6) is 0 Å². The number of aliphatic hydroxyl groups excluding tert-OH is 1. The van der Waals surface area contributed by atoms with Gasteiger partial charge in [0, 0.05) is 12.2 Å². The standard InChI is InChI=1S/C12H21N3O2/c1-5-10(9(4)16)13-12(17)11-6-7-15(14-11)8(2)3/h6-10,16H,5H2,1-4H3,(H,13,17)/t9-,10+/m1/s1. The molecule has 96 valence electrons. The molecule has 0 saturated heterocycles. The molecule has 0 aliphatic heterocycles. The molecule has 0 bridgehead atoms. The monoisotopic (exact) mass is 239 g/mol. The fraction of sp³-hybridized carbons (Fsp3) is 0.667. The molecule has 0 aliphatic carbocycles. The van der Waals surface area contributed by atoms with E-state index < -0.39 is 6.10 Å². The summed E-state index contributed by atoms with van der Waals surface area (Å²) in [5.74, 6) is -0.239. The minimum Gasteiger partial charge on any atom is -0.391 e. The van der Waals surface area contributed by atoms with Gasteiger partial charge in [0.2, 0.25) is 0 Å². The maximum atomic E-state index is 11.9. The van der Waals surface area contributed by atoms with Gasteiger partial charge in [-0.2, -0.15) is 5.10 Å². The summed E-state index contributed by atoms with van der Waals surface area (Å²) < 4.78 is 1.73. The fourth-order valence-electron chi connectivity index (χ4n) is 1.55. The second-order valence-electron chi connectivity index (χ2n) is 4.50. The Morgan fingerprint density at radius 2 is 2.18 bits per heavy atom. The van der Waals surface area contributed by atoms with Crippen LogP contribution in [0.2, 0.25) is 0 Å². The number of hydrogen-bond acceptors (Lipinski definition) is 3. The number of aromatic nitrogens is 2. The third kappa shape index (κ3) is 3.56. The number of aliphatic hydroxyl groups is 1. The number of hydrogen-bond donors (Lipinski definition) is 2. The number of rotatable bonds is 5. The molecule has 5 heteroatoms. The van der Waals surface area contributed by atoms with Crippen LogP contribution >= 0.6 is 0 Å². The zero-order valence-electron chi connectivity index (χ0n) is 10.8. The lowest BCUT2D eigenvalue weighted by atomic mass is 10.1. The Bertz CT molecular complexity index is 372. The smallest absolute Gasteiger partial charge is 0.272 e. The number of carbonyl (C=O) groups excluding carboxylic acids is 1. The van der Waals surface area contributed by atoms with E-state index in [9.17, 15) is 9.90 Å². The van der Waals surface area contributed by atoms with Crippen molar-refractivity contribution in [3.05, 3.63) is 18.0 Å². The normalized spacial score (nSPS) is 14.7. The van der Waals surface area contributed by atoms with E-state index in [1.807, 2.05) is 20.8 Å². The Balaban J connectivity index is 2.69. The number of amides is 1. The topological polar surface area (TPSA) is 67.2 Å². The van der Waals surface area contributed by atoms with E-state index in [4.69, 9.17) is 0 Å². The largest absolute Gasteiger partial charge is 0.391 e. The van der Waals surface area contributed by atoms with Crippen molar-refractivity contribution in [2.24, 2.45) is 0 Å². The van der Waals surface area contributed by atoms with Crippen LogP contribution in [0.3, 0.4) is 0 Å². The minimum absolute atomic E-state index is 0.230. The van der Waals surface area contributed by atoms with Gasteiger partial charge < -0.3 is 10.4 Å². The third-order valence-corrected chi connectivity index (χ3v) is 2.71. The maximum Gasteiger partial charge on any atom is 0.272 e. The van der Waals surface area contributed by atoms with Crippen LogP contribution in [-0.2, 0) is 0 Å². The van der Waals surface area contributed by atoms with Crippen molar-refractivity contribution in [2.45, 2.75) is 52.3 Å². The van der Waals surface area contributed by atoms with Crippen molar-refractivity contribution >= 4 is 5.91 Å². The minimum atomic E-state index is -0.559. The average molecular weight is 239 g/mol. The summed E-state index contributed by atoms with van der Waals surface area (Å²) in [6, 6.07) is 1.69. The summed E-state index contributed by atoms with van der Waals surface area (Å²) in [6.07, 6.45) is 1.91. The number of nitrogens with zero attached hydrogens (tertiary/aromatic N) is 2. The van der Waals surface area contributed by atoms with Crippen LogP contribution in [0.25, 0.3) is 0 Å². The van der Waals surface area contributed by atoms with Gasteiger partial charge in [0.15, 0.2) is 0 Å². The highest BCUT2D eigenvalue weighted by molar-refractivity contribution is 5.92. The predicted octanol–water partition coefficient (Wildman–Crippen LogP) is 1.35. The molecule has 5 nitrogen and oxygen atoms in total. The highest BCUT2D eigenvalue weighted by atomic mass is 16.3. The molecule has 0 unspecified atom stereocenters. The Labute approximate surface area is 102 Å². The summed E-state index contributed by atoms with van der Waals surface area (Å²) in [7, 11) is 0. The molecule has 17 heavy (non-hydrogen) atoms. The molecule has 2 atom stereocenters. The van der Waals surface area contributed by atoms with Gasteiger partial charge in [-0.25, -0.2) is 0 Å². The van der Waals surface area contributed by atoms with Gasteiger partial charge in [-0.3, -0.25) is 9.48 Å². The summed E-state index contributed by atoms with van der Waals surface area (Å²) >= 11 is 0. The fourth-order valence-corrected chi connectivity index (χ4v) is 1.55. The maximum absolute atomic E-state index is 11.9. The molecule has 0 saturated carbocycles. The van der Waals surface area contributed by atoms with E-state index in [0.29, 0.717) is 12.1 Å². The zero-order valence-corrected chi connectivity index (χ0v) is 10.8. The molecule has 1 rings (SSSR count). The molecule has 0 spiro atoms. The number of nitrogens with one attached hydrogen (secondary N) is 1. The van der Waals surface area contributed by atoms with Gasteiger partial charge in [-0.15, -0.1) is 0 Å². The average Bonchev–Trinajstić information content (AvgIpc) is 2.74. The summed E-state index contributed by atoms with van der Waals surface area (Å²) in [5.41, 5.74) is 0.387. The Kier molecular flexibility index (Phi) is 4.69. The first-order valence-electron chi connectivity index (χ1n) is 5.99. The van der Waals surface area contributed by atoms with Gasteiger partial charge in [0.1, 0.15) is 5.69 Å². The van der Waals surface area contributed by atoms with E-state index in [1.54, 1.807) is 23.9 Å². The first-order chi connectivity index (χ1) is 7.95. The summed E-state index contributed by atoms with van der Waals surface area (Å²) in [5, 5.41) is 16.4. The van der Waals surface area contributed by atoms with Crippen LogP contribution in [0.4, 0.5) is 0 Å². The summed E-state index contributed by atoms with van der Waals surface area (Å²) in [6.45, 7) is 7.59. The third-order valence-electron chi connectivity index (χ3n) is 2.71. The first-order valence-corrected chi connectivity index (χ1v) is 5.99. The van der Waals surface area contributed by atoms with Crippen molar-refractivity contribution in [2.75, 3.05) is 0 Å². The Morgan fingerprint density at radius 1 is 1.53 bits per heavy atom. The molecular formula is C12H21N3O2. The lowest BCUT2D eigenvalue weighted by Gasteiger charge is -2.18. The van der Waals surface area contributed by atoms with Crippen LogP contribution < -0.4 is 5.32 Å². The van der Waals surface area contributed by atoms with Gasteiger partial charge in [-0.05, 0) is 33.3 Å². The quantitative estimate of drug-likeness (QED) is 0.815. The zero-order chi connectivity index (χ0) is 13.0. The molecule has 1 aromatic heterocycles. The molecule has 1 heterocycles. The molecule has 0 radical (unpaired) electrons. The van der Waals surface area contributed by atoms with Crippen LogP contribution in [-0.4, -0.2) is 32.9 Å². The molecule has 1 amide bonds. The highest BCUT2D eigenvalue weighted by Crippen LogP contribution is 2.05. The van der Waals surface area contributed by atoms with Crippen molar-refractivity contribution in [1.29, 1.82) is 0 Å². The second kappa shape index (κ2) is 5.82. The highest BCUT2D eigenvalue weighted by Gasteiger charge is 2.18. The molecular weight excluding hydrogens is 218 g/mol. The van der Waals surface area contributed by atoms with Crippen molar-refractivity contribution in [1.82, 2.24) is 15.1 Å². The van der Waals surface area contributed by atoms with Gasteiger partial charge in [-0.1, -0.05) is 6.92 Å². The first kappa shape index (κ1) is 13.7. The lowest BCUT2D eigenvalue weighted by molar-refractivity contribution is 0.0849. The van der Waals surface area contributed by atoms with Crippen molar-refractivity contribution in [3.63, 3.8) is 0 Å². The number of carbonyl (C=O) groups is 1. The van der Waals surface area contributed by atoms with E-state index in [1.165, 1.54) is 0 Å². The second-order valence-corrected chi connectivity index (χ2v) is 4.50. The predicted molar refractivity (Wildman–Crippen MR) is 65.8 cm³/mol.